The fourth-order valence-corrected chi connectivity index (χ4v) is 3.96. The lowest BCUT2D eigenvalue weighted by atomic mass is 10.3. The van der Waals surface area contributed by atoms with Gasteiger partial charge in [0, 0.05) is 10.3 Å². The lowest BCUT2D eigenvalue weighted by Gasteiger charge is -2.04. The van der Waals surface area contributed by atoms with Crippen molar-refractivity contribution in [3.8, 4) is 10.6 Å². The van der Waals surface area contributed by atoms with Crippen molar-refractivity contribution in [1.82, 2.24) is 4.98 Å². The van der Waals surface area contributed by atoms with E-state index in [1.807, 2.05) is 17.5 Å². The zero-order valence-corrected chi connectivity index (χ0v) is 11.3. The van der Waals surface area contributed by atoms with E-state index in [1.54, 1.807) is 34.0 Å². The number of nitrogens with zero attached hydrogens (tertiary/aromatic N) is 1. The molecule has 0 saturated heterocycles. The molecule has 2 N–H and O–H groups in total. The van der Waals surface area contributed by atoms with Crippen LogP contribution in [0.15, 0.2) is 40.4 Å². The lowest BCUT2D eigenvalue weighted by Crippen LogP contribution is -2.09. The molecule has 3 rings (SSSR count). The van der Waals surface area contributed by atoms with Gasteiger partial charge in [0.1, 0.15) is 5.01 Å². The first-order valence-corrected chi connectivity index (χ1v) is 7.77. The molecule has 1 unspecified atom stereocenters. The summed E-state index contributed by atoms with van der Waals surface area (Å²) in [6.07, 6.45) is 0. The highest BCUT2D eigenvalue weighted by Gasteiger charge is 2.14. The Hall–Kier alpha value is -1.01. The minimum absolute atomic E-state index is 0.0892. The Bertz CT molecular complexity index is 581. The van der Waals surface area contributed by atoms with Gasteiger partial charge in [-0.3, -0.25) is 0 Å². The maximum Gasteiger partial charge on any atom is 0.115 e. The summed E-state index contributed by atoms with van der Waals surface area (Å²) >= 11 is 5.01. The summed E-state index contributed by atoms with van der Waals surface area (Å²) in [5.41, 5.74) is 7.22. The van der Waals surface area contributed by atoms with Crippen LogP contribution in [0.25, 0.3) is 10.6 Å². The minimum Gasteiger partial charge on any atom is -0.318 e. The van der Waals surface area contributed by atoms with E-state index >= 15 is 0 Å². The van der Waals surface area contributed by atoms with Crippen LogP contribution in [-0.2, 0) is 0 Å². The normalized spacial score (nSPS) is 12.8. The van der Waals surface area contributed by atoms with Gasteiger partial charge in [0.25, 0.3) is 0 Å². The summed E-state index contributed by atoms with van der Waals surface area (Å²) in [6, 6.07) is 8.11. The molecule has 0 saturated carbocycles. The lowest BCUT2D eigenvalue weighted by molar-refractivity contribution is 0.879. The van der Waals surface area contributed by atoms with Gasteiger partial charge in [-0.2, -0.15) is 0 Å². The summed E-state index contributed by atoms with van der Waals surface area (Å²) in [6.45, 7) is 0. The number of hydrogen-bond acceptors (Lipinski definition) is 5. The highest BCUT2D eigenvalue weighted by atomic mass is 32.1. The van der Waals surface area contributed by atoms with E-state index in [-0.39, 0.29) is 6.04 Å². The molecule has 0 bridgehead atoms. The van der Waals surface area contributed by atoms with E-state index in [2.05, 4.69) is 27.9 Å². The molecule has 0 aliphatic carbocycles. The Labute approximate surface area is 111 Å². The highest BCUT2D eigenvalue weighted by molar-refractivity contribution is 7.14. The van der Waals surface area contributed by atoms with Crippen molar-refractivity contribution in [2.75, 3.05) is 0 Å². The SMILES string of the molecule is NC(c1cccs1)c1nc(-c2cccs2)cs1. The predicted molar refractivity (Wildman–Crippen MR) is 75.8 cm³/mol. The van der Waals surface area contributed by atoms with Crippen LogP contribution < -0.4 is 5.73 Å². The molecule has 17 heavy (non-hydrogen) atoms. The Morgan fingerprint density at radius 2 is 1.88 bits per heavy atom. The molecule has 86 valence electrons. The zero-order chi connectivity index (χ0) is 11.7. The molecule has 3 heterocycles. The van der Waals surface area contributed by atoms with Crippen molar-refractivity contribution in [3.05, 3.63) is 50.3 Å². The summed E-state index contributed by atoms with van der Waals surface area (Å²) < 4.78 is 0. The van der Waals surface area contributed by atoms with Gasteiger partial charge in [-0.05, 0) is 22.9 Å². The highest BCUT2D eigenvalue weighted by Crippen LogP contribution is 2.31. The molecule has 2 nitrogen and oxygen atoms in total. The third kappa shape index (κ3) is 2.19. The van der Waals surface area contributed by atoms with Crippen LogP contribution >= 0.6 is 34.0 Å². The largest absolute Gasteiger partial charge is 0.318 e. The number of thiophene rings is 2. The Morgan fingerprint density at radius 3 is 2.59 bits per heavy atom. The molecule has 0 aliphatic rings. The van der Waals surface area contributed by atoms with Crippen LogP contribution in [0.4, 0.5) is 0 Å². The summed E-state index contributed by atoms with van der Waals surface area (Å²) in [5.74, 6) is 0. The van der Waals surface area contributed by atoms with Crippen LogP contribution in [0.1, 0.15) is 15.9 Å². The van der Waals surface area contributed by atoms with Gasteiger partial charge >= 0.3 is 0 Å². The Morgan fingerprint density at radius 1 is 1.06 bits per heavy atom. The fourth-order valence-electron chi connectivity index (χ4n) is 1.56. The first-order chi connectivity index (χ1) is 8.34. The molecule has 5 heteroatoms. The first-order valence-electron chi connectivity index (χ1n) is 5.13. The maximum atomic E-state index is 6.19. The molecule has 0 fully saturated rings. The van der Waals surface area contributed by atoms with Gasteiger partial charge in [0.15, 0.2) is 0 Å². The topological polar surface area (TPSA) is 38.9 Å². The molecular weight excluding hydrogens is 268 g/mol. The van der Waals surface area contributed by atoms with Gasteiger partial charge in [-0.1, -0.05) is 12.1 Å². The average Bonchev–Trinajstić information content (AvgIpc) is 3.09. The van der Waals surface area contributed by atoms with Crippen LogP contribution in [0.5, 0.6) is 0 Å². The van der Waals surface area contributed by atoms with Crippen molar-refractivity contribution in [2.45, 2.75) is 6.04 Å². The Balaban J connectivity index is 1.90. The van der Waals surface area contributed by atoms with Crippen LogP contribution in [0.2, 0.25) is 0 Å². The monoisotopic (exact) mass is 278 g/mol. The second-order valence-corrected chi connectivity index (χ2v) is 6.36. The van der Waals surface area contributed by atoms with E-state index in [0.29, 0.717) is 0 Å². The van der Waals surface area contributed by atoms with Crippen molar-refractivity contribution in [2.24, 2.45) is 5.73 Å². The van der Waals surface area contributed by atoms with Crippen molar-refractivity contribution >= 4 is 34.0 Å². The third-order valence-electron chi connectivity index (χ3n) is 2.41. The number of nitrogens with two attached hydrogens (primary N) is 1. The van der Waals surface area contributed by atoms with Crippen LogP contribution in [0, 0.1) is 0 Å². The molecule has 3 aromatic rings. The first kappa shape index (κ1) is 11.1. The summed E-state index contributed by atoms with van der Waals surface area (Å²) in [7, 11) is 0. The second kappa shape index (κ2) is 4.70. The molecule has 0 amide bonds. The number of hydrogen-bond donors (Lipinski definition) is 1. The van der Waals surface area contributed by atoms with E-state index < -0.39 is 0 Å². The standard InChI is InChI=1S/C12H10N2S3/c13-11(10-4-2-6-16-10)12-14-8(7-17-12)9-3-1-5-15-9/h1-7,11H,13H2. The Kier molecular flexibility index (Phi) is 3.07. The molecule has 0 aliphatic heterocycles. The smallest absolute Gasteiger partial charge is 0.115 e. The van der Waals surface area contributed by atoms with E-state index in [1.165, 1.54) is 4.88 Å². The van der Waals surface area contributed by atoms with E-state index in [4.69, 9.17) is 5.73 Å². The van der Waals surface area contributed by atoms with Gasteiger partial charge in [0.05, 0.1) is 16.6 Å². The van der Waals surface area contributed by atoms with E-state index in [9.17, 15) is 0 Å². The average molecular weight is 278 g/mol. The van der Waals surface area contributed by atoms with Gasteiger partial charge in [-0.25, -0.2) is 4.98 Å². The zero-order valence-electron chi connectivity index (χ0n) is 8.87. The molecule has 0 spiro atoms. The maximum absolute atomic E-state index is 6.19. The molecule has 0 aromatic carbocycles. The van der Waals surface area contributed by atoms with Gasteiger partial charge < -0.3 is 5.73 Å². The number of thiazole rings is 1. The molecule has 0 radical (unpaired) electrons. The molecular formula is C12H10N2S3. The number of aromatic nitrogens is 1. The minimum atomic E-state index is -0.0892. The van der Waals surface area contributed by atoms with Crippen molar-refractivity contribution in [1.29, 1.82) is 0 Å². The summed E-state index contributed by atoms with van der Waals surface area (Å²) in [4.78, 5) is 6.98. The van der Waals surface area contributed by atoms with Crippen molar-refractivity contribution < 1.29 is 0 Å². The van der Waals surface area contributed by atoms with Gasteiger partial charge in [0.2, 0.25) is 0 Å². The van der Waals surface area contributed by atoms with Crippen molar-refractivity contribution in [3.63, 3.8) is 0 Å². The number of rotatable bonds is 3. The molecule has 1 atom stereocenters. The molecule has 3 aromatic heterocycles. The van der Waals surface area contributed by atoms with Crippen LogP contribution in [0.3, 0.4) is 0 Å². The fraction of sp³-hybridized carbons (Fsp3) is 0.0833. The third-order valence-corrected chi connectivity index (χ3v) is 5.19. The predicted octanol–water partition coefficient (Wildman–Crippen LogP) is 3.98. The van der Waals surface area contributed by atoms with Crippen LogP contribution in [-0.4, -0.2) is 4.98 Å². The quantitative estimate of drug-likeness (QED) is 0.787. The van der Waals surface area contributed by atoms with E-state index in [0.717, 1.165) is 15.6 Å². The van der Waals surface area contributed by atoms with Gasteiger partial charge in [-0.15, -0.1) is 34.0 Å². The summed E-state index contributed by atoms with van der Waals surface area (Å²) in [5, 5.41) is 7.17. The second-order valence-electron chi connectivity index (χ2n) is 3.54.